The molecule has 0 amide bonds. The number of halogens is 2. The molecule has 0 saturated carbocycles. The molecule has 0 aliphatic rings. The van der Waals surface area contributed by atoms with Gasteiger partial charge in [0.1, 0.15) is 5.75 Å². The minimum absolute atomic E-state index is 0.565. The molecule has 0 heterocycles. The molecule has 2 rings (SSSR count). The first-order chi connectivity index (χ1) is 7.15. The molecule has 1 unspecified atom stereocenters. The Bertz CT molecular complexity index is 482. The lowest BCUT2D eigenvalue weighted by Gasteiger charge is -2.07. The maximum Gasteiger partial charge on any atom is 0.288 e. The third-order valence-electron chi connectivity index (χ3n) is 2.19. The van der Waals surface area contributed by atoms with Gasteiger partial charge in [0.25, 0.3) is 4.36 Å². The molecular weight excluding hydrogens is 306 g/mol. The fourth-order valence-electron chi connectivity index (χ4n) is 1.52. The molecule has 0 N–H and O–H groups in total. The zero-order valence-corrected chi connectivity index (χ0v) is 10.4. The zero-order valence-electron chi connectivity index (χ0n) is 8.21. The number of ether oxygens (including phenoxy) is 1. The lowest BCUT2D eigenvalue weighted by Crippen LogP contribution is -1.99. The first-order valence-electron chi connectivity index (χ1n) is 4.60. The van der Waals surface area contributed by atoms with Crippen molar-refractivity contribution in [2.75, 3.05) is 0 Å². The maximum absolute atomic E-state index is 12.6. The van der Waals surface area contributed by atoms with E-state index in [4.69, 9.17) is 4.74 Å². The van der Waals surface area contributed by atoms with Crippen LogP contribution in [0.5, 0.6) is 5.75 Å². The molecule has 0 bridgehead atoms. The molecule has 0 fully saturated rings. The Morgan fingerprint density at radius 2 is 1.87 bits per heavy atom. The van der Waals surface area contributed by atoms with E-state index >= 15 is 0 Å². The summed E-state index contributed by atoms with van der Waals surface area (Å²) in [5, 5.41) is 2.21. The fraction of sp³-hybridized carbons (Fsp3) is 0.167. The second-order valence-corrected chi connectivity index (χ2v) is 4.37. The van der Waals surface area contributed by atoms with Crippen LogP contribution in [0.1, 0.15) is 5.56 Å². The third kappa shape index (κ3) is 2.59. The third-order valence-corrected chi connectivity index (χ3v) is 2.45. The van der Waals surface area contributed by atoms with Gasteiger partial charge in [0, 0.05) is 22.6 Å². The summed E-state index contributed by atoms with van der Waals surface area (Å²) in [7, 11) is 0. The summed E-state index contributed by atoms with van der Waals surface area (Å²) in [6, 6.07) is 11.7. The van der Waals surface area contributed by atoms with E-state index < -0.39 is 4.36 Å². The van der Waals surface area contributed by atoms with Gasteiger partial charge >= 0.3 is 0 Å². The van der Waals surface area contributed by atoms with Crippen molar-refractivity contribution in [1.82, 2.24) is 0 Å². The second-order valence-electron chi connectivity index (χ2n) is 3.39. The molecule has 1 nitrogen and oxygen atoms in total. The zero-order chi connectivity index (χ0) is 10.8. The summed E-state index contributed by atoms with van der Waals surface area (Å²) in [5.41, 5.74) is 1.19. The van der Waals surface area contributed by atoms with E-state index in [1.807, 2.05) is 25.1 Å². The van der Waals surface area contributed by atoms with Crippen LogP contribution in [0.2, 0.25) is 0 Å². The number of aryl methyl sites for hydroxylation is 1. The molecule has 78 valence electrons. The highest BCUT2D eigenvalue weighted by atomic mass is 127. The molecular formula is C12H10FIO. The molecule has 2 aromatic rings. The van der Waals surface area contributed by atoms with Crippen molar-refractivity contribution in [3.05, 3.63) is 42.0 Å². The van der Waals surface area contributed by atoms with Gasteiger partial charge in [0.15, 0.2) is 0 Å². The monoisotopic (exact) mass is 316 g/mol. The van der Waals surface area contributed by atoms with E-state index in [0.717, 1.165) is 10.8 Å². The second kappa shape index (κ2) is 4.35. The topological polar surface area (TPSA) is 9.23 Å². The van der Waals surface area contributed by atoms with Crippen LogP contribution in [0, 0.1) is 6.92 Å². The van der Waals surface area contributed by atoms with Gasteiger partial charge in [-0.05, 0) is 29.8 Å². The summed E-state index contributed by atoms with van der Waals surface area (Å²) in [6.07, 6.45) is 0. The van der Waals surface area contributed by atoms with Gasteiger partial charge < -0.3 is 4.74 Å². The number of alkyl halides is 2. The van der Waals surface area contributed by atoms with Gasteiger partial charge in [-0.2, -0.15) is 4.39 Å². The van der Waals surface area contributed by atoms with Crippen molar-refractivity contribution in [2.45, 2.75) is 11.3 Å². The Morgan fingerprint density at radius 1 is 1.13 bits per heavy atom. The minimum atomic E-state index is -1.30. The summed E-state index contributed by atoms with van der Waals surface area (Å²) >= 11 is 1.59. The van der Waals surface area contributed by atoms with E-state index in [1.54, 1.807) is 28.7 Å². The lowest BCUT2D eigenvalue weighted by atomic mass is 10.1. The van der Waals surface area contributed by atoms with Crippen LogP contribution in [0.15, 0.2) is 36.4 Å². The predicted molar refractivity (Wildman–Crippen MR) is 68.2 cm³/mol. The SMILES string of the molecule is Cc1ccc2ccc(OC(F)I)cc2c1. The largest absolute Gasteiger partial charge is 0.452 e. The maximum atomic E-state index is 12.6. The van der Waals surface area contributed by atoms with Crippen molar-refractivity contribution < 1.29 is 9.13 Å². The number of hydrogen-bond donors (Lipinski definition) is 0. The van der Waals surface area contributed by atoms with Crippen LogP contribution in [0.4, 0.5) is 4.39 Å². The predicted octanol–water partition coefficient (Wildman–Crippen LogP) is 4.22. The Morgan fingerprint density at radius 3 is 2.60 bits per heavy atom. The molecule has 0 aliphatic heterocycles. The van der Waals surface area contributed by atoms with Crippen molar-refractivity contribution >= 4 is 33.4 Å². The van der Waals surface area contributed by atoms with Gasteiger partial charge in [-0.25, -0.2) is 0 Å². The van der Waals surface area contributed by atoms with Crippen molar-refractivity contribution in [1.29, 1.82) is 0 Å². The average molecular weight is 316 g/mol. The van der Waals surface area contributed by atoms with Gasteiger partial charge in [0.2, 0.25) is 0 Å². The van der Waals surface area contributed by atoms with Crippen molar-refractivity contribution in [2.24, 2.45) is 0 Å². The molecule has 0 saturated heterocycles. The van der Waals surface area contributed by atoms with Gasteiger partial charge in [-0.1, -0.05) is 29.8 Å². The quantitative estimate of drug-likeness (QED) is 0.595. The smallest absolute Gasteiger partial charge is 0.288 e. The molecule has 2 aromatic carbocycles. The van der Waals surface area contributed by atoms with Crippen molar-refractivity contribution in [3.63, 3.8) is 0 Å². The number of rotatable bonds is 2. The first kappa shape index (κ1) is 10.7. The fourth-order valence-corrected chi connectivity index (χ4v) is 1.81. The molecule has 0 aliphatic carbocycles. The van der Waals surface area contributed by atoms with Crippen LogP contribution in [-0.2, 0) is 0 Å². The van der Waals surface area contributed by atoms with Crippen LogP contribution in [-0.4, -0.2) is 4.36 Å². The Labute approximate surface area is 101 Å². The molecule has 0 spiro atoms. The van der Waals surface area contributed by atoms with Gasteiger partial charge in [-0.3, -0.25) is 0 Å². The van der Waals surface area contributed by atoms with E-state index in [0.29, 0.717) is 5.75 Å². The molecule has 3 heteroatoms. The number of hydrogen-bond acceptors (Lipinski definition) is 1. The van der Waals surface area contributed by atoms with E-state index in [1.165, 1.54) is 5.56 Å². The van der Waals surface area contributed by atoms with Gasteiger partial charge in [0.05, 0.1) is 0 Å². The molecule has 15 heavy (non-hydrogen) atoms. The number of benzene rings is 2. The van der Waals surface area contributed by atoms with E-state index in [9.17, 15) is 4.39 Å². The van der Waals surface area contributed by atoms with Crippen LogP contribution >= 0.6 is 22.6 Å². The summed E-state index contributed by atoms with van der Waals surface area (Å²) in [5.74, 6) is 0.565. The standard InChI is InChI=1S/C12H10FIO/c1-8-2-3-9-4-5-11(15-12(13)14)7-10(9)6-8/h2-7,12H,1H3. The van der Waals surface area contributed by atoms with E-state index in [2.05, 4.69) is 12.1 Å². The Balaban J connectivity index is 2.45. The highest BCUT2D eigenvalue weighted by Crippen LogP contribution is 2.23. The summed E-state index contributed by atoms with van der Waals surface area (Å²) in [4.78, 5) is 0. The van der Waals surface area contributed by atoms with Crippen molar-refractivity contribution in [3.8, 4) is 5.75 Å². The Kier molecular flexibility index (Phi) is 3.09. The van der Waals surface area contributed by atoms with Gasteiger partial charge in [-0.15, -0.1) is 0 Å². The normalized spacial score (nSPS) is 12.7. The molecule has 1 atom stereocenters. The van der Waals surface area contributed by atoms with Crippen LogP contribution < -0.4 is 4.74 Å². The highest BCUT2D eigenvalue weighted by Gasteiger charge is 2.02. The lowest BCUT2D eigenvalue weighted by molar-refractivity contribution is 0.171. The molecule has 0 aromatic heterocycles. The minimum Gasteiger partial charge on any atom is -0.452 e. The van der Waals surface area contributed by atoms with Crippen LogP contribution in [0.25, 0.3) is 10.8 Å². The highest BCUT2D eigenvalue weighted by molar-refractivity contribution is 14.1. The summed E-state index contributed by atoms with van der Waals surface area (Å²) in [6.45, 7) is 2.03. The van der Waals surface area contributed by atoms with Crippen LogP contribution in [0.3, 0.4) is 0 Å². The summed E-state index contributed by atoms with van der Waals surface area (Å²) < 4.78 is 16.3. The average Bonchev–Trinajstić information content (AvgIpc) is 2.16. The number of fused-ring (bicyclic) bond motifs is 1. The van der Waals surface area contributed by atoms with E-state index in [-0.39, 0.29) is 0 Å². The Hall–Kier alpha value is -0.840. The first-order valence-corrected chi connectivity index (χ1v) is 5.85. The molecule has 0 radical (unpaired) electrons.